The van der Waals surface area contributed by atoms with Gasteiger partial charge in [-0.3, -0.25) is 0 Å². The first kappa shape index (κ1) is 14.3. The number of hydrogen-bond donors (Lipinski definition) is 1. The molecule has 0 spiro atoms. The van der Waals surface area contributed by atoms with Crippen LogP contribution in [0.15, 0.2) is 42.6 Å². The summed E-state index contributed by atoms with van der Waals surface area (Å²) < 4.78 is 11.0. The Bertz CT molecular complexity index is 540. The van der Waals surface area contributed by atoms with Crippen molar-refractivity contribution >= 4 is 0 Å². The number of ether oxygens (including phenoxy) is 2. The van der Waals surface area contributed by atoms with Crippen LogP contribution in [0.2, 0.25) is 0 Å². The fraction of sp³-hybridized carbons (Fsp3) is 0.312. The molecule has 0 radical (unpaired) electrons. The first-order valence-electron chi connectivity index (χ1n) is 6.74. The molecular weight excluding hydrogens is 252 g/mol. The Morgan fingerprint density at radius 2 is 1.90 bits per heavy atom. The van der Waals surface area contributed by atoms with Gasteiger partial charge in [-0.15, -0.1) is 0 Å². The summed E-state index contributed by atoms with van der Waals surface area (Å²) in [6, 6.07) is 11.5. The van der Waals surface area contributed by atoms with Gasteiger partial charge in [-0.2, -0.15) is 0 Å². The zero-order valence-corrected chi connectivity index (χ0v) is 11.9. The molecule has 106 valence electrons. The molecule has 1 aromatic heterocycles. The Kier molecular flexibility index (Phi) is 4.96. The van der Waals surface area contributed by atoms with E-state index in [-0.39, 0.29) is 6.04 Å². The van der Waals surface area contributed by atoms with E-state index in [0.29, 0.717) is 17.4 Å². The maximum absolute atomic E-state index is 5.93. The monoisotopic (exact) mass is 272 g/mol. The third-order valence-corrected chi connectivity index (χ3v) is 3.10. The van der Waals surface area contributed by atoms with Crippen LogP contribution >= 0.6 is 0 Å². The molecule has 4 nitrogen and oxygen atoms in total. The van der Waals surface area contributed by atoms with E-state index in [4.69, 9.17) is 15.2 Å². The van der Waals surface area contributed by atoms with Crippen molar-refractivity contribution in [2.24, 2.45) is 5.73 Å². The molecule has 1 unspecified atom stereocenters. The predicted octanol–water partition coefficient (Wildman–Crippen LogP) is 3.16. The maximum Gasteiger partial charge on any atom is 0.219 e. The first-order chi connectivity index (χ1) is 9.72. The van der Waals surface area contributed by atoms with Crippen LogP contribution in [0, 0.1) is 0 Å². The molecule has 0 amide bonds. The lowest BCUT2D eigenvalue weighted by Gasteiger charge is -2.11. The third kappa shape index (κ3) is 3.71. The second-order valence-electron chi connectivity index (χ2n) is 4.63. The van der Waals surface area contributed by atoms with Gasteiger partial charge in [0.1, 0.15) is 0 Å². The van der Waals surface area contributed by atoms with Crippen LogP contribution in [-0.2, 0) is 6.42 Å². The number of benzene rings is 1. The number of nitrogens with zero attached hydrogens (tertiary/aromatic N) is 1. The molecule has 1 aromatic carbocycles. The van der Waals surface area contributed by atoms with Crippen LogP contribution in [0.3, 0.4) is 0 Å². The lowest BCUT2D eigenvalue weighted by molar-refractivity contribution is 0.374. The summed E-state index contributed by atoms with van der Waals surface area (Å²) in [5.74, 6) is 1.88. The van der Waals surface area contributed by atoms with Crippen LogP contribution in [0.5, 0.6) is 17.4 Å². The normalized spacial score (nSPS) is 11.9. The Labute approximate surface area is 119 Å². The predicted molar refractivity (Wildman–Crippen MR) is 79.3 cm³/mol. The van der Waals surface area contributed by atoms with E-state index in [1.807, 2.05) is 36.4 Å². The van der Waals surface area contributed by atoms with E-state index in [0.717, 1.165) is 18.4 Å². The molecular formula is C16H20N2O2. The van der Waals surface area contributed by atoms with E-state index in [1.54, 1.807) is 13.3 Å². The van der Waals surface area contributed by atoms with Gasteiger partial charge < -0.3 is 15.2 Å². The number of nitrogens with two attached hydrogens (primary N) is 1. The molecule has 0 aliphatic rings. The number of rotatable bonds is 6. The summed E-state index contributed by atoms with van der Waals surface area (Å²) in [7, 11) is 1.62. The number of pyridine rings is 1. The Morgan fingerprint density at radius 1 is 1.15 bits per heavy atom. The molecule has 0 aliphatic carbocycles. The highest BCUT2D eigenvalue weighted by Gasteiger charge is 2.06. The highest BCUT2D eigenvalue weighted by atomic mass is 16.5. The van der Waals surface area contributed by atoms with Gasteiger partial charge in [0.05, 0.1) is 7.11 Å². The topological polar surface area (TPSA) is 57.4 Å². The van der Waals surface area contributed by atoms with Crippen molar-refractivity contribution in [3.8, 4) is 17.4 Å². The molecule has 2 rings (SSSR count). The van der Waals surface area contributed by atoms with Crippen molar-refractivity contribution in [3.63, 3.8) is 0 Å². The van der Waals surface area contributed by atoms with Gasteiger partial charge in [0.2, 0.25) is 5.88 Å². The van der Waals surface area contributed by atoms with Gasteiger partial charge in [-0.1, -0.05) is 25.1 Å². The van der Waals surface area contributed by atoms with Gasteiger partial charge in [-0.25, -0.2) is 4.98 Å². The van der Waals surface area contributed by atoms with E-state index in [9.17, 15) is 0 Å². The maximum atomic E-state index is 5.93. The molecule has 1 heterocycles. The molecule has 0 saturated heterocycles. The molecule has 2 aromatic rings. The van der Waals surface area contributed by atoms with Crippen LogP contribution in [0.1, 0.15) is 18.9 Å². The number of hydrogen-bond acceptors (Lipinski definition) is 4. The third-order valence-electron chi connectivity index (χ3n) is 3.10. The zero-order chi connectivity index (χ0) is 14.4. The van der Waals surface area contributed by atoms with E-state index < -0.39 is 0 Å². The van der Waals surface area contributed by atoms with Crippen molar-refractivity contribution in [2.45, 2.75) is 25.8 Å². The van der Waals surface area contributed by atoms with Crippen molar-refractivity contribution in [1.82, 2.24) is 4.98 Å². The number of aromatic nitrogens is 1. The van der Waals surface area contributed by atoms with Gasteiger partial charge in [0, 0.05) is 18.3 Å². The van der Waals surface area contributed by atoms with Gasteiger partial charge in [0.25, 0.3) is 0 Å². The van der Waals surface area contributed by atoms with Gasteiger partial charge in [-0.05, 0) is 30.5 Å². The summed E-state index contributed by atoms with van der Waals surface area (Å²) in [6.45, 7) is 2.08. The second-order valence-corrected chi connectivity index (χ2v) is 4.63. The second kappa shape index (κ2) is 6.91. The van der Waals surface area contributed by atoms with E-state index in [1.165, 1.54) is 0 Å². The lowest BCUT2D eigenvalue weighted by Crippen LogP contribution is -2.21. The molecule has 4 heteroatoms. The summed E-state index contributed by atoms with van der Waals surface area (Å²) in [4.78, 5) is 4.30. The van der Waals surface area contributed by atoms with Crippen LogP contribution in [-0.4, -0.2) is 18.1 Å². The van der Waals surface area contributed by atoms with Gasteiger partial charge in [0.15, 0.2) is 11.5 Å². The number of methoxy groups -OCH3 is 1. The van der Waals surface area contributed by atoms with Gasteiger partial charge >= 0.3 is 0 Å². The number of para-hydroxylation sites is 2. The Balaban J connectivity index is 2.07. The quantitative estimate of drug-likeness (QED) is 0.877. The summed E-state index contributed by atoms with van der Waals surface area (Å²) >= 11 is 0. The minimum absolute atomic E-state index is 0.179. The minimum atomic E-state index is 0.179. The first-order valence-corrected chi connectivity index (χ1v) is 6.74. The van der Waals surface area contributed by atoms with Crippen molar-refractivity contribution in [2.75, 3.05) is 7.11 Å². The molecule has 0 bridgehead atoms. The Hall–Kier alpha value is -2.07. The smallest absolute Gasteiger partial charge is 0.219 e. The van der Waals surface area contributed by atoms with Crippen LogP contribution < -0.4 is 15.2 Å². The zero-order valence-electron chi connectivity index (χ0n) is 11.9. The summed E-state index contributed by atoms with van der Waals surface area (Å²) in [5, 5.41) is 0. The standard InChI is InChI=1S/C16H20N2O2/c1-3-13(17)10-12-8-9-16(18-11-12)20-15-7-5-4-6-14(15)19-2/h4-9,11,13H,3,10,17H2,1-2H3. The SMILES string of the molecule is CCC(N)Cc1ccc(Oc2ccccc2OC)nc1. The molecule has 20 heavy (non-hydrogen) atoms. The molecule has 1 atom stereocenters. The van der Waals surface area contributed by atoms with Crippen molar-refractivity contribution in [1.29, 1.82) is 0 Å². The van der Waals surface area contributed by atoms with Crippen LogP contribution in [0.4, 0.5) is 0 Å². The highest BCUT2D eigenvalue weighted by molar-refractivity contribution is 5.41. The average molecular weight is 272 g/mol. The molecule has 0 aliphatic heterocycles. The highest BCUT2D eigenvalue weighted by Crippen LogP contribution is 2.29. The molecule has 0 saturated carbocycles. The van der Waals surface area contributed by atoms with Crippen molar-refractivity contribution in [3.05, 3.63) is 48.2 Å². The van der Waals surface area contributed by atoms with Crippen molar-refractivity contribution < 1.29 is 9.47 Å². The van der Waals surface area contributed by atoms with Crippen LogP contribution in [0.25, 0.3) is 0 Å². The fourth-order valence-electron chi connectivity index (χ4n) is 1.85. The van der Waals surface area contributed by atoms with E-state index in [2.05, 4.69) is 11.9 Å². The lowest BCUT2D eigenvalue weighted by atomic mass is 10.1. The summed E-state index contributed by atoms with van der Waals surface area (Å²) in [6.07, 6.45) is 3.60. The minimum Gasteiger partial charge on any atom is -0.493 e. The van der Waals surface area contributed by atoms with E-state index >= 15 is 0 Å². The molecule has 2 N–H and O–H groups in total. The molecule has 0 fully saturated rings. The summed E-state index contributed by atoms with van der Waals surface area (Å²) in [5.41, 5.74) is 7.05. The Morgan fingerprint density at radius 3 is 2.50 bits per heavy atom. The largest absolute Gasteiger partial charge is 0.493 e. The average Bonchev–Trinajstić information content (AvgIpc) is 2.49. The fourth-order valence-corrected chi connectivity index (χ4v) is 1.85.